The Morgan fingerprint density at radius 3 is 2.55 bits per heavy atom. The fourth-order valence-corrected chi connectivity index (χ4v) is 0.967. The third kappa shape index (κ3) is 7.60. The van der Waals surface area contributed by atoms with Crippen molar-refractivity contribution in [2.45, 2.75) is 52.1 Å². The molecule has 0 heterocycles. The molecule has 66 valence electrons. The number of hydrogen-bond acceptors (Lipinski definition) is 1. The van der Waals surface area contributed by atoms with Gasteiger partial charge in [0.2, 0.25) is 0 Å². The highest BCUT2D eigenvalue weighted by atomic mass is 16.3. The van der Waals surface area contributed by atoms with Crippen LogP contribution in [0.3, 0.4) is 0 Å². The van der Waals surface area contributed by atoms with Gasteiger partial charge in [-0.2, -0.15) is 0 Å². The second kappa shape index (κ2) is 7.80. The number of rotatable bonds is 6. The monoisotopic (exact) mass is 156 g/mol. The molecule has 0 fully saturated rings. The Hall–Kier alpha value is -0.300. The first kappa shape index (κ1) is 10.7. The highest BCUT2D eigenvalue weighted by Gasteiger charge is 1.93. The Labute approximate surface area is 70.1 Å². The molecule has 0 aliphatic heterocycles. The van der Waals surface area contributed by atoms with Crippen LogP contribution in [0.1, 0.15) is 46.0 Å². The summed E-state index contributed by atoms with van der Waals surface area (Å²) in [5.41, 5.74) is 0. The first-order valence-electron chi connectivity index (χ1n) is 4.66. The smallest absolute Gasteiger partial charge is 0.0720 e. The molecule has 0 radical (unpaired) electrons. The highest BCUT2D eigenvalue weighted by Crippen LogP contribution is 2.00. The van der Waals surface area contributed by atoms with E-state index in [0.717, 1.165) is 19.3 Å². The first-order valence-corrected chi connectivity index (χ1v) is 4.66. The molecule has 0 rings (SSSR count). The normalized spacial score (nSPS) is 14.1. The minimum absolute atomic E-state index is 0.211. The van der Waals surface area contributed by atoms with Gasteiger partial charge in [0.15, 0.2) is 0 Å². The summed E-state index contributed by atoms with van der Waals surface area (Å²) in [6.07, 6.45) is 9.31. The van der Waals surface area contributed by atoms with Crippen molar-refractivity contribution in [2.75, 3.05) is 0 Å². The van der Waals surface area contributed by atoms with E-state index in [9.17, 15) is 5.11 Å². The van der Waals surface area contributed by atoms with E-state index in [1.807, 2.05) is 6.08 Å². The van der Waals surface area contributed by atoms with Crippen LogP contribution in [0.4, 0.5) is 0 Å². The summed E-state index contributed by atoms with van der Waals surface area (Å²) in [6.45, 7) is 4.26. The van der Waals surface area contributed by atoms with Crippen LogP contribution in [0.25, 0.3) is 0 Å². The molecule has 11 heavy (non-hydrogen) atoms. The second-order valence-corrected chi connectivity index (χ2v) is 2.93. The van der Waals surface area contributed by atoms with E-state index < -0.39 is 0 Å². The van der Waals surface area contributed by atoms with E-state index in [-0.39, 0.29) is 6.10 Å². The van der Waals surface area contributed by atoms with Crippen LogP contribution in [0.2, 0.25) is 0 Å². The molecule has 0 saturated heterocycles. The fraction of sp³-hybridized carbons (Fsp3) is 0.800. The quantitative estimate of drug-likeness (QED) is 0.463. The molecule has 0 saturated carbocycles. The van der Waals surface area contributed by atoms with Gasteiger partial charge in [-0.25, -0.2) is 0 Å². The van der Waals surface area contributed by atoms with Gasteiger partial charge in [0.25, 0.3) is 0 Å². The van der Waals surface area contributed by atoms with Gasteiger partial charge in [0, 0.05) is 0 Å². The number of unbranched alkanes of at least 4 members (excludes halogenated alkanes) is 2. The van der Waals surface area contributed by atoms with Crippen molar-refractivity contribution in [3.05, 3.63) is 12.2 Å². The largest absolute Gasteiger partial charge is 0.389 e. The number of aliphatic hydroxyl groups is 1. The Balaban J connectivity index is 3.24. The molecule has 0 amide bonds. The molecular weight excluding hydrogens is 136 g/mol. The maximum atomic E-state index is 9.26. The Kier molecular flexibility index (Phi) is 7.59. The van der Waals surface area contributed by atoms with E-state index >= 15 is 0 Å². The topological polar surface area (TPSA) is 20.2 Å². The highest BCUT2D eigenvalue weighted by molar-refractivity contribution is 4.87. The molecule has 0 aliphatic rings. The maximum Gasteiger partial charge on any atom is 0.0720 e. The summed E-state index contributed by atoms with van der Waals surface area (Å²) in [7, 11) is 0. The minimum atomic E-state index is -0.211. The zero-order chi connectivity index (χ0) is 8.53. The van der Waals surface area contributed by atoms with E-state index in [4.69, 9.17) is 0 Å². The fourth-order valence-electron chi connectivity index (χ4n) is 0.967. The zero-order valence-electron chi connectivity index (χ0n) is 7.71. The molecule has 0 spiro atoms. The van der Waals surface area contributed by atoms with Crippen LogP contribution >= 0.6 is 0 Å². The lowest BCUT2D eigenvalue weighted by Gasteiger charge is -2.00. The van der Waals surface area contributed by atoms with Gasteiger partial charge in [-0.1, -0.05) is 45.3 Å². The third-order valence-electron chi connectivity index (χ3n) is 1.67. The Morgan fingerprint density at radius 2 is 2.00 bits per heavy atom. The summed E-state index contributed by atoms with van der Waals surface area (Å²) < 4.78 is 0. The predicted molar refractivity (Wildman–Crippen MR) is 49.6 cm³/mol. The van der Waals surface area contributed by atoms with Crippen LogP contribution in [0.5, 0.6) is 0 Å². The SMILES string of the molecule is CCCC/C=C/[C@@H](O)CCC. The standard InChI is InChI=1S/C10H20O/c1-3-5-6-7-9-10(11)8-4-2/h7,9-11H,3-6,8H2,1-2H3/b9-7+/t10-/m0/s1. The number of hydrogen-bond donors (Lipinski definition) is 1. The number of aliphatic hydroxyl groups excluding tert-OH is 1. The van der Waals surface area contributed by atoms with Gasteiger partial charge in [-0.15, -0.1) is 0 Å². The van der Waals surface area contributed by atoms with Crippen molar-refractivity contribution in [3.63, 3.8) is 0 Å². The van der Waals surface area contributed by atoms with Crippen LogP contribution in [0.15, 0.2) is 12.2 Å². The number of allylic oxidation sites excluding steroid dienone is 1. The molecule has 0 unspecified atom stereocenters. The van der Waals surface area contributed by atoms with Crippen LogP contribution < -0.4 is 0 Å². The Morgan fingerprint density at radius 1 is 1.27 bits per heavy atom. The van der Waals surface area contributed by atoms with Crippen molar-refractivity contribution in [1.82, 2.24) is 0 Å². The van der Waals surface area contributed by atoms with E-state index in [1.165, 1.54) is 12.8 Å². The average molecular weight is 156 g/mol. The summed E-state index contributed by atoms with van der Waals surface area (Å²) >= 11 is 0. The lowest BCUT2D eigenvalue weighted by molar-refractivity contribution is 0.211. The first-order chi connectivity index (χ1) is 5.31. The van der Waals surface area contributed by atoms with Crippen LogP contribution in [0, 0.1) is 0 Å². The Bertz CT molecular complexity index is 97.0. The van der Waals surface area contributed by atoms with Crippen LogP contribution in [-0.4, -0.2) is 11.2 Å². The van der Waals surface area contributed by atoms with Crippen LogP contribution in [-0.2, 0) is 0 Å². The van der Waals surface area contributed by atoms with Crippen molar-refractivity contribution >= 4 is 0 Å². The predicted octanol–water partition coefficient (Wildman–Crippen LogP) is 2.89. The molecule has 1 heteroatoms. The summed E-state index contributed by atoms with van der Waals surface area (Å²) in [6, 6.07) is 0. The van der Waals surface area contributed by atoms with Gasteiger partial charge in [0.1, 0.15) is 0 Å². The van der Waals surface area contributed by atoms with E-state index in [0.29, 0.717) is 0 Å². The average Bonchev–Trinajstić information content (AvgIpc) is 1.99. The maximum absolute atomic E-state index is 9.26. The molecule has 0 aromatic rings. The van der Waals surface area contributed by atoms with Crippen molar-refractivity contribution < 1.29 is 5.11 Å². The molecular formula is C10H20O. The van der Waals surface area contributed by atoms with Gasteiger partial charge < -0.3 is 5.11 Å². The van der Waals surface area contributed by atoms with E-state index in [1.54, 1.807) is 0 Å². The molecule has 1 N–H and O–H groups in total. The van der Waals surface area contributed by atoms with E-state index in [2.05, 4.69) is 19.9 Å². The van der Waals surface area contributed by atoms with Gasteiger partial charge >= 0.3 is 0 Å². The summed E-state index contributed by atoms with van der Waals surface area (Å²) in [5.74, 6) is 0. The summed E-state index contributed by atoms with van der Waals surface area (Å²) in [4.78, 5) is 0. The molecule has 0 aromatic heterocycles. The minimum Gasteiger partial charge on any atom is -0.389 e. The second-order valence-electron chi connectivity index (χ2n) is 2.93. The van der Waals surface area contributed by atoms with Gasteiger partial charge in [-0.3, -0.25) is 0 Å². The third-order valence-corrected chi connectivity index (χ3v) is 1.67. The van der Waals surface area contributed by atoms with Crippen molar-refractivity contribution in [3.8, 4) is 0 Å². The molecule has 0 aromatic carbocycles. The lowest BCUT2D eigenvalue weighted by atomic mass is 10.1. The van der Waals surface area contributed by atoms with Gasteiger partial charge in [-0.05, 0) is 12.8 Å². The van der Waals surface area contributed by atoms with Crippen molar-refractivity contribution in [1.29, 1.82) is 0 Å². The summed E-state index contributed by atoms with van der Waals surface area (Å²) in [5, 5.41) is 9.26. The molecule has 1 atom stereocenters. The lowest BCUT2D eigenvalue weighted by Crippen LogP contribution is -1.99. The van der Waals surface area contributed by atoms with Gasteiger partial charge in [0.05, 0.1) is 6.10 Å². The molecule has 1 nitrogen and oxygen atoms in total. The molecule has 0 bridgehead atoms. The van der Waals surface area contributed by atoms with Crippen molar-refractivity contribution in [2.24, 2.45) is 0 Å². The molecule has 0 aliphatic carbocycles. The zero-order valence-corrected chi connectivity index (χ0v) is 7.71.